The van der Waals surface area contributed by atoms with E-state index in [0.29, 0.717) is 6.54 Å². The largest absolute Gasteiger partial charge is 0.357 e. The topological polar surface area (TPSA) is 78.0 Å². The van der Waals surface area contributed by atoms with Crippen LogP contribution in [0.5, 0.6) is 0 Å². The molecule has 0 aliphatic heterocycles. The number of hydrogen-bond donors (Lipinski definition) is 3. The van der Waals surface area contributed by atoms with Gasteiger partial charge >= 0.3 is 0 Å². The van der Waals surface area contributed by atoms with Crippen LogP contribution >= 0.6 is 35.3 Å². The van der Waals surface area contributed by atoms with E-state index in [1.54, 1.807) is 11.3 Å². The molecule has 2 aromatic heterocycles. The number of para-hydroxylation sites is 2. The number of aryl methyl sites for hydroxylation is 3. The summed E-state index contributed by atoms with van der Waals surface area (Å²) >= 11 is 1.72. The number of aliphatic imine (C=N–C) groups is 1. The first-order valence-corrected chi connectivity index (χ1v) is 9.86. The highest BCUT2D eigenvalue weighted by Crippen LogP contribution is 2.17. The maximum atomic E-state index is 4.64. The predicted octanol–water partition coefficient (Wildman–Crippen LogP) is 3.94. The van der Waals surface area contributed by atoms with Gasteiger partial charge in [0.25, 0.3) is 0 Å². The smallest absolute Gasteiger partial charge is 0.191 e. The van der Waals surface area contributed by atoms with Crippen LogP contribution in [0.15, 0.2) is 29.3 Å². The van der Waals surface area contributed by atoms with Gasteiger partial charge in [-0.3, -0.25) is 0 Å². The van der Waals surface area contributed by atoms with Gasteiger partial charge in [-0.15, -0.1) is 35.3 Å². The zero-order valence-corrected chi connectivity index (χ0v) is 19.1. The van der Waals surface area contributed by atoms with Crippen molar-refractivity contribution in [2.75, 3.05) is 13.1 Å². The van der Waals surface area contributed by atoms with E-state index in [1.165, 1.54) is 4.88 Å². The minimum Gasteiger partial charge on any atom is -0.357 e. The van der Waals surface area contributed by atoms with E-state index < -0.39 is 0 Å². The molecule has 0 unspecified atom stereocenters. The van der Waals surface area contributed by atoms with E-state index in [0.717, 1.165) is 59.5 Å². The van der Waals surface area contributed by atoms with Gasteiger partial charge in [0.2, 0.25) is 0 Å². The summed E-state index contributed by atoms with van der Waals surface area (Å²) < 4.78 is 0. The molecular weight excluding hydrogens is 471 g/mol. The molecule has 3 N–H and O–H groups in total. The molecule has 0 radical (unpaired) electrons. The molecule has 0 spiro atoms. The summed E-state index contributed by atoms with van der Waals surface area (Å²) in [6, 6.07) is 8.13. The van der Waals surface area contributed by atoms with Crippen molar-refractivity contribution in [1.29, 1.82) is 0 Å². The lowest BCUT2D eigenvalue weighted by atomic mass is 10.3. The fourth-order valence-corrected chi connectivity index (χ4v) is 3.54. The Balaban J connectivity index is 0.00000261. The molecule has 8 heteroatoms. The predicted molar refractivity (Wildman–Crippen MR) is 124 cm³/mol. The number of thiazole rings is 1. The third-order valence-corrected chi connectivity index (χ3v) is 5.17. The normalized spacial score (nSPS) is 11.4. The molecule has 0 atom stereocenters. The molecule has 0 fully saturated rings. The minimum atomic E-state index is 0. The Kier molecular flexibility index (Phi) is 8.49. The Bertz CT molecular complexity index is 833. The summed E-state index contributed by atoms with van der Waals surface area (Å²) in [4.78, 5) is 18.4. The maximum absolute atomic E-state index is 4.64. The van der Waals surface area contributed by atoms with Gasteiger partial charge in [0.15, 0.2) is 5.96 Å². The zero-order chi connectivity index (χ0) is 18.4. The molecule has 1 aromatic carbocycles. The second kappa shape index (κ2) is 10.6. The minimum absolute atomic E-state index is 0. The summed E-state index contributed by atoms with van der Waals surface area (Å²) in [6.45, 7) is 8.51. The highest BCUT2D eigenvalue weighted by molar-refractivity contribution is 14.0. The highest BCUT2D eigenvalue weighted by atomic mass is 127. The van der Waals surface area contributed by atoms with Crippen LogP contribution < -0.4 is 10.6 Å². The van der Waals surface area contributed by atoms with Crippen LogP contribution in [0.4, 0.5) is 0 Å². The molecule has 3 aromatic rings. The number of aromatic nitrogens is 3. The molecule has 146 valence electrons. The summed E-state index contributed by atoms with van der Waals surface area (Å²) in [6.07, 6.45) is 1.89. The molecule has 0 aliphatic carbocycles. The van der Waals surface area contributed by atoms with Crippen LogP contribution in [0.3, 0.4) is 0 Å². The Morgan fingerprint density at radius 2 is 2.00 bits per heavy atom. The van der Waals surface area contributed by atoms with Crippen molar-refractivity contribution in [3.63, 3.8) is 0 Å². The number of benzene rings is 1. The number of guanidine groups is 1. The molecule has 6 nitrogen and oxygen atoms in total. The van der Waals surface area contributed by atoms with Crippen molar-refractivity contribution in [3.05, 3.63) is 45.7 Å². The van der Waals surface area contributed by atoms with Gasteiger partial charge in [-0.25, -0.2) is 15.0 Å². The number of aromatic amines is 1. The van der Waals surface area contributed by atoms with Crippen molar-refractivity contribution in [3.8, 4) is 0 Å². The Labute approximate surface area is 181 Å². The van der Waals surface area contributed by atoms with E-state index in [9.17, 15) is 0 Å². The molecule has 3 rings (SSSR count). The number of H-pyrrole nitrogens is 1. The summed E-state index contributed by atoms with van der Waals surface area (Å²) in [7, 11) is 0. The zero-order valence-electron chi connectivity index (χ0n) is 16.0. The van der Waals surface area contributed by atoms with Crippen LogP contribution in [0.25, 0.3) is 11.0 Å². The second-order valence-electron chi connectivity index (χ2n) is 6.18. The standard InChI is InChI=1S/C19H26N6S.HI/c1-4-20-19(22-12-18-23-13(2)14(3)26-18)21-11-7-10-17-24-15-8-5-6-9-16(15)25-17;/h5-6,8-9H,4,7,10-12H2,1-3H3,(H,24,25)(H2,20,21,22);1H. The van der Waals surface area contributed by atoms with Crippen LogP contribution in [0.2, 0.25) is 0 Å². The number of rotatable bonds is 7. The first kappa shape index (κ1) is 21.6. The molecule has 0 saturated carbocycles. The molecule has 0 bridgehead atoms. The van der Waals surface area contributed by atoms with E-state index in [4.69, 9.17) is 0 Å². The number of nitrogens with zero attached hydrogens (tertiary/aromatic N) is 3. The van der Waals surface area contributed by atoms with Gasteiger partial charge in [0.05, 0.1) is 23.3 Å². The fourth-order valence-electron chi connectivity index (χ4n) is 2.68. The first-order valence-electron chi connectivity index (χ1n) is 9.04. The Morgan fingerprint density at radius 3 is 2.70 bits per heavy atom. The average Bonchev–Trinajstić information content (AvgIpc) is 3.19. The van der Waals surface area contributed by atoms with Crippen LogP contribution in [-0.4, -0.2) is 34.0 Å². The fraction of sp³-hybridized carbons (Fsp3) is 0.421. The van der Waals surface area contributed by atoms with Crippen molar-refractivity contribution < 1.29 is 0 Å². The number of hydrogen-bond acceptors (Lipinski definition) is 4. The Hall–Kier alpha value is -1.68. The third-order valence-electron chi connectivity index (χ3n) is 4.11. The van der Waals surface area contributed by atoms with E-state index in [-0.39, 0.29) is 24.0 Å². The monoisotopic (exact) mass is 498 g/mol. The lowest BCUT2D eigenvalue weighted by molar-refractivity contribution is 0.727. The summed E-state index contributed by atoms with van der Waals surface area (Å²) in [5.41, 5.74) is 3.22. The van der Waals surface area contributed by atoms with Crippen LogP contribution in [0.1, 0.15) is 34.7 Å². The number of halogens is 1. The second-order valence-corrected chi connectivity index (χ2v) is 7.46. The van der Waals surface area contributed by atoms with E-state index >= 15 is 0 Å². The number of fused-ring (bicyclic) bond motifs is 1. The molecule has 0 amide bonds. The lowest BCUT2D eigenvalue weighted by Crippen LogP contribution is -2.37. The lowest BCUT2D eigenvalue weighted by Gasteiger charge is -2.10. The summed E-state index contributed by atoms with van der Waals surface area (Å²) in [5.74, 6) is 1.87. The van der Waals surface area contributed by atoms with Gasteiger partial charge in [-0.1, -0.05) is 12.1 Å². The average molecular weight is 498 g/mol. The van der Waals surface area contributed by atoms with Gasteiger partial charge in [0, 0.05) is 24.4 Å². The van der Waals surface area contributed by atoms with Crippen molar-refractivity contribution in [2.24, 2.45) is 4.99 Å². The van der Waals surface area contributed by atoms with E-state index in [2.05, 4.69) is 50.5 Å². The van der Waals surface area contributed by atoms with Crippen LogP contribution in [0, 0.1) is 13.8 Å². The van der Waals surface area contributed by atoms with Gasteiger partial charge in [-0.2, -0.15) is 0 Å². The maximum Gasteiger partial charge on any atom is 0.191 e. The van der Waals surface area contributed by atoms with Crippen molar-refractivity contribution in [2.45, 2.75) is 40.2 Å². The first-order chi connectivity index (χ1) is 12.7. The quantitative estimate of drug-likeness (QED) is 0.200. The van der Waals surface area contributed by atoms with Gasteiger partial charge in [-0.05, 0) is 39.3 Å². The van der Waals surface area contributed by atoms with Gasteiger partial charge < -0.3 is 15.6 Å². The molecule has 0 saturated heterocycles. The Morgan fingerprint density at radius 1 is 1.19 bits per heavy atom. The molecular formula is C19H27IN6S. The van der Waals surface area contributed by atoms with Crippen molar-refractivity contribution >= 4 is 52.3 Å². The molecule has 0 aliphatic rings. The molecule has 2 heterocycles. The molecule has 27 heavy (non-hydrogen) atoms. The highest BCUT2D eigenvalue weighted by Gasteiger charge is 2.05. The summed E-state index contributed by atoms with van der Waals surface area (Å²) in [5, 5.41) is 7.73. The van der Waals surface area contributed by atoms with E-state index in [1.807, 2.05) is 25.1 Å². The van der Waals surface area contributed by atoms with Crippen LogP contribution in [-0.2, 0) is 13.0 Å². The number of nitrogens with one attached hydrogen (secondary N) is 3. The number of imidazole rings is 1. The SMILES string of the molecule is CCNC(=NCc1nc(C)c(C)s1)NCCCc1nc2ccccc2[nH]1.I. The van der Waals surface area contributed by atoms with Crippen molar-refractivity contribution in [1.82, 2.24) is 25.6 Å². The third kappa shape index (κ3) is 6.17. The van der Waals surface area contributed by atoms with Gasteiger partial charge in [0.1, 0.15) is 10.8 Å².